The molecule has 0 aliphatic heterocycles. The van der Waals surface area contributed by atoms with Crippen LogP contribution in [0.2, 0.25) is 0 Å². The second kappa shape index (κ2) is 4.01. The maximum atomic E-state index is 10.6. The fourth-order valence-corrected chi connectivity index (χ4v) is 1.64. The molecule has 2 unspecified atom stereocenters. The first-order valence-electron chi connectivity index (χ1n) is 3.75. The Balaban J connectivity index is 0.00000121. The Morgan fingerprint density at radius 2 is 2.08 bits per heavy atom. The Hall–Kier alpha value is 0.314. The van der Waals surface area contributed by atoms with Gasteiger partial charge in [-0.2, -0.15) is 6.92 Å². The Morgan fingerprint density at radius 1 is 1.58 bits per heavy atom. The van der Waals surface area contributed by atoms with Crippen molar-refractivity contribution >= 4 is 5.97 Å². The second-order valence-corrected chi connectivity index (χ2v) is 3.62. The van der Waals surface area contributed by atoms with E-state index in [9.17, 15) is 4.79 Å². The van der Waals surface area contributed by atoms with E-state index in [1.54, 1.807) is 6.92 Å². The molecular weight excluding hydrogens is 229 g/mol. The van der Waals surface area contributed by atoms with Crippen LogP contribution in [0, 0.1) is 23.3 Å². The average molecular weight is 242 g/mol. The standard InChI is InChI=1S/C9H13O2.Y/c1-4-5-6-7(8(10)11)9(6,2)3;/h5-7H,1-3H3,(H,10,11);/q-1;+3. The Bertz CT molecular complexity index is 209. The summed E-state index contributed by atoms with van der Waals surface area (Å²) in [5, 5.41) is 8.74. The molecule has 2 nitrogen and oxygen atoms in total. The fourth-order valence-electron chi connectivity index (χ4n) is 1.64. The van der Waals surface area contributed by atoms with Gasteiger partial charge < -0.3 is 11.2 Å². The van der Waals surface area contributed by atoms with Crippen molar-refractivity contribution in [1.29, 1.82) is 0 Å². The molecule has 0 bridgehead atoms. The molecule has 0 saturated heterocycles. The van der Waals surface area contributed by atoms with Crippen LogP contribution in [0.4, 0.5) is 0 Å². The van der Waals surface area contributed by atoms with Crippen molar-refractivity contribution in [2.24, 2.45) is 17.3 Å². The number of rotatable bonds is 2. The first kappa shape index (κ1) is 12.3. The van der Waals surface area contributed by atoms with Crippen molar-refractivity contribution in [3.8, 4) is 0 Å². The van der Waals surface area contributed by atoms with E-state index < -0.39 is 5.97 Å². The molecule has 0 aromatic heterocycles. The molecule has 1 saturated carbocycles. The van der Waals surface area contributed by atoms with E-state index in [0.717, 1.165) is 0 Å². The first-order chi connectivity index (χ1) is 5.01. The molecule has 12 heavy (non-hydrogen) atoms. The maximum Gasteiger partial charge on any atom is 3.00 e. The van der Waals surface area contributed by atoms with Crippen LogP contribution in [0.15, 0.2) is 6.08 Å². The van der Waals surface area contributed by atoms with Crippen molar-refractivity contribution in [3.63, 3.8) is 0 Å². The van der Waals surface area contributed by atoms with Gasteiger partial charge in [-0.25, -0.2) is 0 Å². The van der Waals surface area contributed by atoms with Crippen LogP contribution in [-0.4, -0.2) is 11.1 Å². The summed E-state index contributed by atoms with van der Waals surface area (Å²) in [6.45, 7) is 5.75. The first-order valence-corrected chi connectivity index (χ1v) is 3.75. The predicted molar refractivity (Wildman–Crippen MR) is 41.9 cm³/mol. The molecule has 0 amide bonds. The van der Waals surface area contributed by atoms with Gasteiger partial charge in [0.25, 0.3) is 0 Å². The zero-order valence-electron chi connectivity index (χ0n) is 7.66. The number of carboxylic acids is 1. The third-order valence-electron chi connectivity index (χ3n) is 2.52. The minimum atomic E-state index is -0.688. The zero-order chi connectivity index (χ0) is 8.65. The van der Waals surface area contributed by atoms with Crippen molar-refractivity contribution in [2.45, 2.75) is 20.8 Å². The van der Waals surface area contributed by atoms with E-state index in [1.165, 1.54) is 0 Å². The van der Waals surface area contributed by atoms with E-state index >= 15 is 0 Å². The average Bonchev–Trinajstić information content (AvgIpc) is 2.35. The van der Waals surface area contributed by atoms with Crippen LogP contribution in [0.5, 0.6) is 0 Å². The molecule has 0 heterocycles. The van der Waals surface area contributed by atoms with Crippen molar-refractivity contribution in [3.05, 3.63) is 12.2 Å². The van der Waals surface area contributed by atoms with E-state index in [1.807, 2.05) is 19.9 Å². The predicted octanol–water partition coefficient (Wildman–Crippen LogP) is 1.72. The number of carbonyl (C=O) groups is 1. The van der Waals surface area contributed by atoms with Crippen LogP contribution in [0.3, 0.4) is 0 Å². The number of hydrogen-bond acceptors (Lipinski definition) is 1. The quantitative estimate of drug-likeness (QED) is 0.748. The zero-order valence-corrected chi connectivity index (χ0v) is 10.5. The molecule has 1 fully saturated rings. The number of hydrogen-bond donors (Lipinski definition) is 1. The van der Waals surface area contributed by atoms with E-state index in [0.29, 0.717) is 0 Å². The minimum absolute atomic E-state index is 0. The largest absolute Gasteiger partial charge is 3.00 e. The Labute approximate surface area is 98.3 Å². The van der Waals surface area contributed by atoms with E-state index in [4.69, 9.17) is 5.11 Å². The molecule has 0 radical (unpaired) electrons. The van der Waals surface area contributed by atoms with Gasteiger partial charge in [-0.05, 0) is 11.3 Å². The van der Waals surface area contributed by atoms with Gasteiger partial charge in [0.1, 0.15) is 0 Å². The molecule has 1 aliphatic carbocycles. The van der Waals surface area contributed by atoms with Crippen molar-refractivity contribution in [1.82, 2.24) is 0 Å². The summed E-state index contributed by atoms with van der Waals surface area (Å²) in [7, 11) is 0. The molecule has 0 aromatic carbocycles. The normalized spacial score (nSPS) is 31.2. The van der Waals surface area contributed by atoms with Crippen LogP contribution < -0.4 is 0 Å². The monoisotopic (exact) mass is 242 g/mol. The topological polar surface area (TPSA) is 37.3 Å². The van der Waals surface area contributed by atoms with Crippen LogP contribution >= 0.6 is 0 Å². The fraction of sp³-hybridized carbons (Fsp3) is 0.667. The van der Waals surface area contributed by atoms with Gasteiger partial charge in [0.2, 0.25) is 0 Å². The van der Waals surface area contributed by atoms with E-state index in [2.05, 4.69) is 6.08 Å². The third-order valence-corrected chi connectivity index (χ3v) is 2.52. The molecule has 3 heteroatoms. The smallest absolute Gasteiger partial charge is 0.503 e. The van der Waals surface area contributed by atoms with Gasteiger partial charge in [0, 0.05) is 0 Å². The third kappa shape index (κ3) is 1.97. The van der Waals surface area contributed by atoms with E-state index in [-0.39, 0.29) is 50.0 Å². The van der Waals surface area contributed by atoms with Gasteiger partial charge in [0.05, 0.1) is 5.92 Å². The number of allylic oxidation sites excluding steroid dienone is 2. The van der Waals surface area contributed by atoms with Crippen molar-refractivity contribution < 1.29 is 42.6 Å². The SMILES string of the molecule is C[C-]=CC1C(C(=O)O)C1(C)C.[Y+3]. The summed E-state index contributed by atoms with van der Waals surface area (Å²) in [5.74, 6) is -0.702. The summed E-state index contributed by atoms with van der Waals surface area (Å²) in [6, 6.07) is 0. The molecule has 62 valence electrons. The molecule has 0 spiro atoms. The van der Waals surface area contributed by atoms with Gasteiger partial charge in [-0.1, -0.05) is 13.8 Å². The van der Waals surface area contributed by atoms with Crippen LogP contribution in [-0.2, 0) is 37.5 Å². The molecule has 2 atom stereocenters. The van der Waals surface area contributed by atoms with Gasteiger partial charge >= 0.3 is 38.7 Å². The maximum absolute atomic E-state index is 10.6. The minimum Gasteiger partial charge on any atom is -0.503 e. The molecular formula is C9H13O2Y+2. The Morgan fingerprint density at radius 3 is 2.33 bits per heavy atom. The van der Waals surface area contributed by atoms with Gasteiger partial charge in [-0.3, -0.25) is 10.9 Å². The van der Waals surface area contributed by atoms with Crippen LogP contribution in [0.25, 0.3) is 0 Å². The molecule has 0 aromatic rings. The summed E-state index contributed by atoms with van der Waals surface area (Å²) in [6.07, 6.45) is 4.74. The molecule has 1 aliphatic rings. The number of carboxylic acid groups (broad SMARTS) is 1. The second-order valence-electron chi connectivity index (χ2n) is 3.62. The van der Waals surface area contributed by atoms with Crippen molar-refractivity contribution in [2.75, 3.05) is 0 Å². The van der Waals surface area contributed by atoms with Gasteiger partial charge in [0.15, 0.2) is 0 Å². The summed E-state index contributed by atoms with van der Waals surface area (Å²) in [5.41, 5.74) is -0.0607. The molecule has 1 N–H and O–H groups in total. The summed E-state index contributed by atoms with van der Waals surface area (Å²) < 4.78 is 0. The number of aliphatic carboxylic acids is 1. The van der Waals surface area contributed by atoms with Gasteiger partial charge in [-0.15, -0.1) is 0 Å². The summed E-state index contributed by atoms with van der Waals surface area (Å²) >= 11 is 0. The Kier molecular flexibility index (Phi) is 4.12. The molecule has 1 rings (SSSR count). The summed E-state index contributed by atoms with van der Waals surface area (Å²) in [4.78, 5) is 10.6. The van der Waals surface area contributed by atoms with Crippen LogP contribution in [0.1, 0.15) is 20.8 Å².